The lowest BCUT2D eigenvalue weighted by atomic mass is 9.85. The highest BCUT2D eigenvalue weighted by molar-refractivity contribution is 6.23. The molecule has 0 radical (unpaired) electrons. The van der Waals surface area contributed by atoms with Gasteiger partial charge in [0.25, 0.3) is 0 Å². The molecule has 0 unspecified atom stereocenters. The molecule has 0 spiro atoms. The van der Waals surface area contributed by atoms with Gasteiger partial charge in [0.15, 0.2) is 0 Å². The second-order valence-corrected chi connectivity index (χ2v) is 12.5. The molecule has 0 saturated heterocycles. The van der Waals surface area contributed by atoms with E-state index in [1.54, 1.807) is 0 Å². The van der Waals surface area contributed by atoms with Crippen LogP contribution in [0.15, 0.2) is 182 Å². The Morgan fingerprint density at radius 2 is 0.771 bits per heavy atom. The lowest BCUT2D eigenvalue weighted by Gasteiger charge is -2.18. The van der Waals surface area contributed by atoms with Gasteiger partial charge in [-0.3, -0.25) is 0 Å². The largest absolute Gasteiger partial charge is 0.0629 e. The minimum atomic E-state index is -0.393. The second-order valence-electron chi connectivity index (χ2n) is 12.5. The van der Waals surface area contributed by atoms with Crippen LogP contribution in [0.3, 0.4) is 0 Å². The van der Waals surface area contributed by atoms with Crippen LogP contribution in [0.5, 0.6) is 0 Å². The molecule has 0 atom stereocenters. The average molecular weight is 612 g/mol. The van der Waals surface area contributed by atoms with Crippen LogP contribution in [0.25, 0.3) is 98.0 Å². The molecule has 0 heteroatoms. The fraction of sp³-hybridized carbons (Fsp3) is 0. The Bertz CT molecular complexity index is 3090. The lowest BCUT2D eigenvalue weighted by Crippen LogP contribution is -1.91. The molecule has 0 amide bonds. The van der Waals surface area contributed by atoms with Gasteiger partial charge in [-0.25, -0.2) is 0 Å². The zero-order chi connectivity index (χ0) is 36.0. The van der Waals surface area contributed by atoms with Crippen LogP contribution in [0.2, 0.25) is 0 Å². The van der Waals surface area contributed by atoms with E-state index < -0.39 is 6.04 Å². The summed E-state index contributed by atoms with van der Waals surface area (Å²) >= 11 is 0. The molecule has 10 rings (SSSR count). The van der Waals surface area contributed by atoms with Crippen molar-refractivity contribution < 1.29 is 6.85 Å². The highest BCUT2D eigenvalue weighted by atomic mass is 14.2. The van der Waals surface area contributed by atoms with E-state index in [2.05, 4.69) is 115 Å². The van der Waals surface area contributed by atoms with E-state index in [0.717, 1.165) is 49.0 Å². The number of hydrogen-bond acceptors (Lipinski definition) is 0. The molecule has 0 heterocycles. The molecular weight excluding hydrogens is 577 g/mol. The summed E-state index contributed by atoms with van der Waals surface area (Å²) in [7, 11) is 0. The van der Waals surface area contributed by atoms with E-state index in [1.807, 2.05) is 36.4 Å². The Labute approximate surface area is 286 Å². The monoisotopic (exact) mass is 611 g/mol. The molecular formula is C48H30. The van der Waals surface area contributed by atoms with E-state index in [1.165, 1.54) is 37.9 Å². The maximum Gasteiger partial charge on any atom is 0.0629 e. The summed E-state index contributed by atoms with van der Waals surface area (Å²) in [6, 6.07) is 51.9. The molecule has 0 N–H and O–H groups in total. The van der Waals surface area contributed by atoms with Gasteiger partial charge in [-0.2, -0.15) is 0 Å². The van der Waals surface area contributed by atoms with Crippen molar-refractivity contribution in [3.05, 3.63) is 182 Å². The Kier molecular flexibility index (Phi) is 4.95. The van der Waals surface area contributed by atoms with Crippen LogP contribution >= 0.6 is 0 Å². The quantitative estimate of drug-likeness (QED) is 0.138. The van der Waals surface area contributed by atoms with Gasteiger partial charge in [-0.15, -0.1) is 0 Å². The predicted octanol–water partition coefficient (Wildman–Crippen LogP) is 13.6. The second kappa shape index (κ2) is 10.7. The summed E-state index contributed by atoms with van der Waals surface area (Å²) in [5.74, 6) is 0. The summed E-state index contributed by atoms with van der Waals surface area (Å²) in [6.07, 6.45) is 0. The summed E-state index contributed by atoms with van der Waals surface area (Å²) in [5, 5.41) is 13.3. The molecule has 0 aliphatic carbocycles. The molecule has 222 valence electrons. The molecule has 0 saturated carbocycles. The van der Waals surface area contributed by atoms with Gasteiger partial charge in [0, 0.05) is 0 Å². The third-order valence-corrected chi connectivity index (χ3v) is 9.89. The Hall–Kier alpha value is -6.24. The average Bonchev–Trinajstić information content (AvgIpc) is 3.21. The zero-order valence-corrected chi connectivity index (χ0v) is 25.9. The minimum Gasteiger partial charge on any atom is -0.0622 e. The Morgan fingerprint density at radius 1 is 0.292 bits per heavy atom. The smallest absolute Gasteiger partial charge is 0.0622 e. The fourth-order valence-corrected chi connectivity index (χ4v) is 7.75. The first-order chi connectivity index (χ1) is 25.9. The minimum absolute atomic E-state index is 0.201. The van der Waals surface area contributed by atoms with Crippen molar-refractivity contribution in [1.29, 1.82) is 0 Å². The van der Waals surface area contributed by atoms with Crippen molar-refractivity contribution in [2.45, 2.75) is 0 Å². The Balaban J connectivity index is 1.18. The van der Waals surface area contributed by atoms with Crippen molar-refractivity contribution >= 4 is 64.6 Å². The van der Waals surface area contributed by atoms with Gasteiger partial charge >= 0.3 is 0 Å². The standard InChI is InChI=1S/C48H30/c1-2-13-32(14-3-1)47-41-18-8-10-20-43(41)48(44-21-11-9-19-42(44)47)36-25-23-33-28-35(24-22-34(33)29-36)45-30-46-37-15-5-4-12-31(37)26-27-40(46)38-16-6-7-17-39(38)45/h1-30H/i1D,2D,3D,13D,14D. The molecule has 0 fully saturated rings. The highest BCUT2D eigenvalue weighted by Crippen LogP contribution is 2.44. The van der Waals surface area contributed by atoms with Crippen molar-refractivity contribution in [3.63, 3.8) is 0 Å². The molecule has 0 aliphatic rings. The van der Waals surface area contributed by atoms with Crippen LogP contribution < -0.4 is 0 Å². The van der Waals surface area contributed by atoms with E-state index in [9.17, 15) is 0 Å². The molecule has 48 heavy (non-hydrogen) atoms. The van der Waals surface area contributed by atoms with Gasteiger partial charge in [-0.1, -0.05) is 164 Å². The van der Waals surface area contributed by atoms with E-state index in [-0.39, 0.29) is 29.7 Å². The molecule has 10 aromatic rings. The van der Waals surface area contributed by atoms with Crippen LogP contribution in [0.1, 0.15) is 6.85 Å². The van der Waals surface area contributed by atoms with Crippen molar-refractivity contribution in [3.8, 4) is 33.4 Å². The van der Waals surface area contributed by atoms with E-state index in [4.69, 9.17) is 6.85 Å². The van der Waals surface area contributed by atoms with Crippen LogP contribution in [-0.4, -0.2) is 0 Å². The number of hydrogen-bond donors (Lipinski definition) is 0. The number of rotatable bonds is 3. The number of fused-ring (bicyclic) bond motifs is 8. The maximum absolute atomic E-state index is 8.86. The normalized spacial score (nSPS) is 13.2. The van der Waals surface area contributed by atoms with Gasteiger partial charge in [0.1, 0.15) is 0 Å². The molecule has 0 nitrogen and oxygen atoms in total. The first-order valence-corrected chi connectivity index (χ1v) is 16.3. The first kappa shape index (κ1) is 22.3. The van der Waals surface area contributed by atoms with Gasteiger partial charge < -0.3 is 0 Å². The van der Waals surface area contributed by atoms with E-state index in [0.29, 0.717) is 5.56 Å². The zero-order valence-electron chi connectivity index (χ0n) is 30.9. The molecule has 0 bridgehead atoms. The SMILES string of the molecule is [2H]c1c([2H])c([2H])c(-c2c3ccccc3c(-c3ccc4cc(-c5cc6c7ccccc7ccc6c6ccccc56)ccc4c3)c3ccccc23)c([2H])c1[2H]. The van der Waals surface area contributed by atoms with Crippen molar-refractivity contribution in [2.24, 2.45) is 0 Å². The molecule has 0 aromatic heterocycles. The summed E-state index contributed by atoms with van der Waals surface area (Å²) in [5.41, 5.74) is 5.33. The van der Waals surface area contributed by atoms with Crippen LogP contribution in [0.4, 0.5) is 0 Å². The first-order valence-electron chi connectivity index (χ1n) is 18.8. The summed E-state index contributed by atoms with van der Waals surface area (Å²) < 4.78 is 42.8. The molecule has 10 aromatic carbocycles. The van der Waals surface area contributed by atoms with Gasteiger partial charge in [0.05, 0.1) is 6.85 Å². The fourth-order valence-electron chi connectivity index (χ4n) is 7.75. The third-order valence-electron chi connectivity index (χ3n) is 9.89. The van der Waals surface area contributed by atoms with Crippen molar-refractivity contribution in [2.75, 3.05) is 0 Å². The predicted molar refractivity (Wildman–Crippen MR) is 208 cm³/mol. The topological polar surface area (TPSA) is 0 Å². The van der Waals surface area contributed by atoms with Gasteiger partial charge in [0.2, 0.25) is 0 Å². The van der Waals surface area contributed by atoms with Crippen molar-refractivity contribution in [1.82, 2.24) is 0 Å². The number of benzene rings is 10. The molecule has 0 aliphatic heterocycles. The van der Waals surface area contributed by atoms with Crippen LogP contribution in [0, 0.1) is 0 Å². The third kappa shape index (κ3) is 4.10. The maximum atomic E-state index is 8.86. The summed E-state index contributed by atoms with van der Waals surface area (Å²) in [6.45, 7) is 0. The lowest BCUT2D eigenvalue weighted by molar-refractivity contribution is 1.66. The highest BCUT2D eigenvalue weighted by Gasteiger charge is 2.17. The van der Waals surface area contributed by atoms with Crippen LogP contribution in [-0.2, 0) is 0 Å². The Morgan fingerprint density at radius 3 is 1.44 bits per heavy atom. The van der Waals surface area contributed by atoms with E-state index >= 15 is 0 Å². The summed E-state index contributed by atoms with van der Waals surface area (Å²) in [4.78, 5) is 0. The van der Waals surface area contributed by atoms with Gasteiger partial charge in [-0.05, 0) is 116 Å².